The Morgan fingerprint density at radius 2 is 1.81 bits per heavy atom. The Morgan fingerprint density at radius 3 is 2.38 bits per heavy atom. The van der Waals surface area contributed by atoms with Crippen molar-refractivity contribution in [2.24, 2.45) is 5.73 Å². The Labute approximate surface area is 184 Å². The van der Waals surface area contributed by atoms with E-state index in [0.29, 0.717) is 22.6 Å². The maximum atomic E-state index is 12.5. The van der Waals surface area contributed by atoms with Crippen LogP contribution in [0.4, 0.5) is 5.69 Å². The van der Waals surface area contributed by atoms with Crippen LogP contribution in [0.1, 0.15) is 28.4 Å². The first-order valence-corrected chi connectivity index (χ1v) is 9.52. The van der Waals surface area contributed by atoms with Crippen LogP contribution in [0.25, 0.3) is 0 Å². The molecule has 7 N–H and O–H groups in total. The summed E-state index contributed by atoms with van der Waals surface area (Å²) in [5, 5.41) is 23.4. The molecule has 2 aromatic rings. The lowest BCUT2D eigenvalue weighted by atomic mass is 10.1. The van der Waals surface area contributed by atoms with Gasteiger partial charge in [-0.15, -0.1) is 0 Å². The van der Waals surface area contributed by atoms with Crippen molar-refractivity contribution in [3.05, 3.63) is 59.2 Å². The summed E-state index contributed by atoms with van der Waals surface area (Å²) in [5.74, 6) is 4.36. The molecule has 168 valence electrons. The van der Waals surface area contributed by atoms with Gasteiger partial charge in [-0.05, 0) is 49.4 Å². The summed E-state index contributed by atoms with van der Waals surface area (Å²) in [5.41, 5.74) is 8.64. The Morgan fingerprint density at radius 1 is 1.12 bits per heavy atom. The molecule has 2 aromatic carbocycles. The molecule has 10 heteroatoms. The molecule has 0 aliphatic rings. The fourth-order valence-corrected chi connectivity index (χ4v) is 2.62. The third-order valence-corrected chi connectivity index (χ3v) is 4.32. The normalized spacial score (nSPS) is 11.9. The molecular weight excluding hydrogens is 416 g/mol. The van der Waals surface area contributed by atoms with Crippen molar-refractivity contribution in [3.8, 4) is 17.6 Å². The molecule has 0 bridgehead atoms. The number of benzene rings is 2. The van der Waals surface area contributed by atoms with Gasteiger partial charge in [-0.3, -0.25) is 19.6 Å². The molecule has 0 saturated carbocycles. The number of nitrogens with one attached hydrogen (secondary N) is 3. The fraction of sp³-hybridized carbons (Fsp3) is 0.227. The molecule has 0 fully saturated rings. The molecule has 0 radical (unpaired) electrons. The van der Waals surface area contributed by atoms with Crippen molar-refractivity contribution in [3.63, 3.8) is 0 Å². The molecule has 10 nitrogen and oxygen atoms in total. The maximum absolute atomic E-state index is 12.5. The number of aliphatic hydroxyl groups is 1. The Balaban J connectivity index is 2.18. The van der Waals surface area contributed by atoms with Crippen molar-refractivity contribution >= 4 is 23.4 Å². The van der Waals surface area contributed by atoms with E-state index in [4.69, 9.17) is 15.7 Å². The lowest BCUT2D eigenvalue weighted by Crippen LogP contribution is -2.51. The van der Waals surface area contributed by atoms with Gasteiger partial charge >= 0.3 is 0 Å². The van der Waals surface area contributed by atoms with Crippen LogP contribution in [0.15, 0.2) is 42.5 Å². The Kier molecular flexibility index (Phi) is 8.73. The number of hydrogen-bond donors (Lipinski definition) is 6. The highest BCUT2D eigenvalue weighted by atomic mass is 16.5. The number of carbonyl (C=O) groups excluding carboxylic acids is 3. The molecule has 0 aliphatic heterocycles. The SMILES string of the molecule is COc1cc(C(=O)N[C@H](C(=O)NO)[C@@H](C)O)ccc1C#Cc1ccc(NC(=O)CN)cc1. The van der Waals surface area contributed by atoms with Crippen molar-refractivity contribution in [1.82, 2.24) is 10.8 Å². The van der Waals surface area contributed by atoms with Crippen molar-refractivity contribution in [2.45, 2.75) is 19.1 Å². The van der Waals surface area contributed by atoms with E-state index in [9.17, 15) is 19.5 Å². The van der Waals surface area contributed by atoms with Crippen LogP contribution in [0.3, 0.4) is 0 Å². The summed E-state index contributed by atoms with van der Waals surface area (Å²) < 4.78 is 5.31. The summed E-state index contributed by atoms with van der Waals surface area (Å²) in [7, 11) is 1.43. The van der Waals surface area contributed by atoms with Crippen LogP contribution in [-0.4, -0.2) is 53.8 Å². The fourth-order valence-electron chi connectivity index (χ4n) is 2.62. The molecule has 2 rings (SSSR count). The van der Waals surface area contributed by atoms with Gasteiger partial charge in [0.1, 0.15) is 11.8 Å². The molecule has 32 heavy (non-hydrogen) atoms. The number of amides is 3. The van der Waals surface area contributed by atoms with E-state index in [1.807, 2.05) is 0 Å². The molecular formula is C22H24N4O6. The summed E-state index contributed by atoms with van der Waals surface area (Å²) in [4.78, 5) is 35.4. The standard InChI is InChI=1S/C22H24N4O6/c1-13(27)20(22(30)26-31)25-21(29)16-8-7-15(18(11-16)32-2)6-3-14-4-9-17(10-5-14)24-19(28)12-23/h4-5,7-11,13,20,27,31H,12,23H2,1-2H3,(H,24,28)(H,25,29)(H,26,30)/t13-,20+/m1/s1. The number of methoxy groups -OCH3 is 1. The number of nitrogens with two attached hydrogens (primary N) is 1. The third-order valence-electron chi connectivity index (χ3n) is 4.32. The van der Waals surface area contributed by atoms with Gasteiger partial charge in [-0.1, -0.05) is 11.8 Å². The van der Waals surface area contributed by atoms with E-state index in [0.717, 1.165) is 0 Å². The Bertz CT molecular complexity index is 1040. The lowest BCUT2D eigenvalue weighted by Gasteiger charge is -2.19. The average molecular weight is 440 g/mol. The van der Waals surface area contributed by atoms with Crippen molar-refractivity contribution in [1.29, 1.82) is 0 Å². The predicted octanol–water partition coefficient (Wildman–Crippen LogP) is -0.0232. The zero-order valence-corrected chi connectivity index (χ0v) is 17.5. The van der Waals surface area contributed by atoms with Gasteiger partial charge in [-0.2, -0.15) is 0 Å². The zero-order valence-electron chi connectivity index (χ0n) is 17.5. The highest BCUT2D eigenvalue weighted by Gasteiger charge is 2.26. The highest BCUT2D eigenvalue weighted by Crippen LogP contribution is 2.20. The minimum atomic E-state index is -1.34. The van der Waals surface area contributed by atoms with Crippen LogP contribution in [0, 0.1) is 11.8 Å². The van der Waals surface area contributed by atoms with Crippen LogP contribution in [0.5, 0.6) is 5.75 Å². The number of rotatable bonds is 7. The van der Waals surface area contributed by atoms with Crippen LogP contribution >= 0.6 is 0 Å². The molecule has 0 spiro atoms. The minimum Gasteiger partial charge on any atom is -0.495 e. The first kappa shape index (κ1) is 24.4. The third kappa shape index (κ3) is 6.55. The second-order valence-electron chi connectivity index (χ2n) is 6.66. The number of anilines is 1. The van der Waals surface area contributed by atoms with Gasteiger partial charge in [0, 0.05) is 16.8 Å². The number of aliphatic hydroxyl groups excluding tert-OH is 1. The summed E-state index contributed by atoms with van der Waals surface area (Å²) in [6.45, 7) is 1.20. The smallest absolute Gasteiger partial charge is 0.268 e. The predicted molar refractivity (Wildman–Crippen MR) is 116 cm³/mol. The Hall–Kier alpha value is -3.91. The second-order valence-corrected chi connectivity index (χ2v) is 6.66. The number of hydroxylamine groups is 1. The zero-order chi connectivity index (χ0) is 23.7. The molecule has 3 amide bonds. The van der Waals surface area contributed by atoms with E-state index < -0.39 is 24.0 Å². The van der Waals surface area contributed by atoms with Crippen LogP contribution in [-0.2, 0) is 9.59 Å². The van der Waals surface area contributed by atoms with Crippen molar-refractivity contribution in [2.75, 3.05) is 19.0 Å². The molecule has 0 aliphatic carbocycles. The second kappa shape index (κ2) is 11.5. The summed E-state index contributed by atoms with van der Waals surface area (Å²) >= 11 is 0. The first-order chi connectivity index (χ1) is 15.3. The number of ether oxygens (including phenoxy) is 1. The summed E-state index contributed by atoms with van der Waals surface area (Å²) in [6, 6.07) is 10.0. The van der Waals surface area contributed by atoms with Gasteiger partial charge < -0.3 is 26.2 Å². The van der Waals surface area contributed by atoms with E-state index in [2.05, 4.69) is 22.5 Å². The van der Waals surface area contributed by atoms with Gasteiger partial charge in [0.15, 0.2) is 0 Å². The number of carbonyl (C=O) groups is 3. The van der Waals surface area contributed by atoms with Gasteiger partial charge in [0.25, 0.3) is 11.8 Å². The minimum absolute atomic E-state index is 0.107. The molecule has 0 heterocycles. The largest absolute Gasteiger partial charge is 0.495 e. The maximum Gasteiger partial charge on any atom is 0.268 e. The molecule has 0 unspecified atom stereocenters. The van der Waals surface area contributed by atoms with Gasteiger partial charge in [0.2, 0.25) is 5.91 Å². The number of hydrogen-bond acceptors (Lipinski definition) is 7. The topological polar surface area (TPSA) is 163 Å². The van der Waals surface area contributed by atoms with E-state index in [1.165, 1.54) is 31.6 Å². The first-order valence-electron chi connectivity index (χ1n) is 9.52. The van der Waals surface area contributed by atoms with Gasteiger partial charge in [0.05, 0.1) is 25.3 Å². The van der Waals surface area contributed by atoms with E-state index >= 15 is 0 Å². The molecule has 0 aromatic heterocycles. The monoisotopic (exact) mass is 440 g/mol. The van der Waals surface area contributed by atoms with Crippen molar-refractivity contribution < 1.29 is 29.4 Å². The molecule has 2 atom stereocenters. The average Bonchev–Trinajstić information content (AvgIpc) is 2.80. The summed E-state index contributed by atoms with van der Waals surface area (Å²) in [6.07, 6.45) is -1.23. The van der Waals surface area contributed by atoms with Gasteiger partial charge in [-0.25, -0.2) is 5.48 Å². The molecule has 0 saturated heterocycles. The van der Waals surface area contributed by atoms with E-state index in [1.54, 1.807) is 30.3 Å². The van der Waals surface area contributed by atoms with Crippen LogP contribution < -0.4 is 26.6 Å². The quantitative estimate of drug-likeness (QED) is 0.200. The van der Waals surface area contributed by atoms with E-state index in [-0.39, 0.29) is 18.0 Å². The highest BCUT2D eigenvalue weighted by molar-refractivity contribution is 5.98. The lowest BCUT2D eigenvalue weighted by molar-refractivity contribution is -0.133. The van der Waals surface area contributed by atoms with Crippen LogP contribution in [0.2, 0.25) is 0 Å².